The molecular formula is C6H14OSm. The van der Waals surface area contributed by atoms with Gasteiger partial charge in [-0.05, 0) is 0 Å². The molecule has 0 fully saturated rings. The first kappa shape index (κ1) is 9.30. The first-order valence-corrected chi connectivity index (χ1v) is 6.08. The molecule has 2 heteroatoms. The Morgan fingerprint density at radius 2 is 2.00 bits per heavy atom. The van der Waals surface area contributed by atoms with Gasteiger partial charge in [0.15, 0.2) is 0 Å². The van der Waals surface area contributed by atoms with Gasteiger partial charge in [0.25, 0.3) is 0 Å². The van der Waals surface area contributed by atoms with Crippen LogP contribution in [0, 0.1) is 36.9 Å². The van der Waals surface area contributed by atoms with Crippen LogP contribution in [0.2, 0.25) is 2.14 Å². The van der Waals surface area contributed by atoms with E-state index < -0.39 is 0 Å². The van der Waals surface area contributed by atoms with Crippen molar-refractivity contribution in [2.45, 2.75) is 28.8 Å². The summed E-state index contributed by atoms with van der Waals surface area (Å²) in [6, 6.07) is 0. The van der Waals surface area contributed by atoms with Crippen molar-refractivity contribution in [3.8, 4) is 0 Å². The Bertz CT molecular complexity index is 33.5. The third-order valence-corrected chi connectivity index (χ3v) is 3.57. The summed E-state index contributed by atoms with van der Waals surface area (Å²) in [6.45, 7) is 5.38. The van der Waals surface area contributed by atoms with E-state index in [1.54, 1.807) is 0 Å². The van der Waals surface area contributed by atoms with Crippen LogP contribution in [0.25, 0.3) is 0 Å². The van der Waals surface area contributed by atoms with Crippen LogP contribution in [0.5, 0.6) is 0 Å². The summed E-state index contributed by atoms with van der Waals surface area (Å²) in [7, 11) is 0. The van der Waals surface area contributed by atoms with Gasteiger partial charge in [-0.3, -0.25) is 0 Å². The minimum absolute atomic E-state index is 0.309. The van der Waals surface area contributed by atoms with Crippen molar-refractivity contribution in [3.63, 3.8) is 0 Å². The van der Waals surface area contributed by atoms with Crippen LogP contribution >= 0.6 is 0 Å². The third kappa shape index (κ3) is 7.30. The van der Waals surface area contributed by atoms with Crippen molar-refractivity contribution >= 4 is 0 Å². The molecule has 0 aliphatic heterocycles. The normalized spacial score (nSPS) is 9.75. The van der Waals surface area contributed by atoms with Gasteiger partial charge in [0.2, 0.25) is 0 Å². The SMILES string of the molecule is CCC[O][Sm][CH2]CC. The zero-order valence-corrected chi connectivity index (χ0v) is 8.26. The Morgan fingerprint density at radius 3 is 2.50 bits per heavy atom. The average Bonchev–Trinajstić information content (AvgIpc) is 1.81. The quantitative estimate of drug-likeness (QED) is 0.682. The van der Waals surface area contributed by atoms with E-state index in [1.165, 1.54) is 15.0 Å². The van der Waals surface area contributed by atoms with Crippen molar-refractivity contribution in [2.75, 3.05) is 6.61 Å². The number of rotatable bonds is 5. The van der Waals surface area contributed by atoms with E-state index in [0.717, 1.165) is 6.61 Å². The molecule has 0 aromatic heterocycles. The first-order valence-electron chi connectivity index (χ1n) is 3.16. The molecule has 0 bridgehead atoms. The minimum atomic E-state index is -0.309. The van der Waals surface area contributed by atoms with Gasteiger partial charge < -0.3 is 0 Å². The van der Waals surface area contributed by atoms with Gasteiger partial charge in [-0.15, -0.1) is 0 Å². The summed E-state index contributed by atoms with van der Waals surface area (Å²) < 4.78 is 6.76. The van der Waals surface area contributed by atoms with Crippen LogP contribution in [0.3, 0.4) is 0 Å². The molecule has 0 N–H and O–H groups in total. The summed E-state index contributed by atoms with van der Waals surface area (Å²) in [5.74, 6) is 0. The van der Waals surface area contributed by atoms with Gasteiger partial charge in [-0.2, -0.15) is 0 Å². The molecule has 0 aliphatic rings. The third-order valence-electron chi connectivity index (χ3n) is 0.658. The fourth-order valence-electron chi connectivity index (χ4n) is 0.285. The van der Waals surface area contributed by atoms with Crippen LogP contribution in [0.15, 0.2) is 0 Å². The van der Waals surface area contributed by atoms with E-state index in [-0.39, 0.29) is 36.9 Å². The van der Waals surface area contributed by atoms with E-state index >= 15 is 0 Å². The molecule has 0 radical (unpaired) electrons. The molecule has 0 amide bonds. The topological polar surface area (TPSA) is 9.23 Å². The van der Waals surface area contributed by atoms with Crippen LogP contribution < -0.4 is 0 Å². The summed E-state index contributed by atoms with van der Waals surface area (Å²) >= 11 is -0.309. The van der Waals surface area contributed by atoms with Gasteiger partial charge in [0, 0.05) is 0 Å². The maximum atomic E-state index is 5.39. The van der Waals surface area contributed by atoms with Gasteiger partial charge in [0.05, 0.1) is 0 Å². The van der Waals surface area contributed by atoms with Crippen molar-refractivity contribution in [1.29, 1.82) is 0 Å². The van der Waals surface area contributed by atoms with E-state index in [9.17, 15) is 0 Å². The second kappa shape index (κ2) is 8.30. The molecule has 0 rings (SSSR count). The Morgan fingerprint density at radius 1 is 1.25 bits per heavy atom. The second-order valence-electron chi connectivity index (χ2n) is 1.64. The first-order chi connectivity index (χ1) is 3.91. The number of hydrogen-bond donors (Lipinski definition) is 0. The molecular weight excluding hydrogens is 238 g/mol. The molecule has 0 saturated heterocycles. The van der Waals surface area contributed by atoms with Gasteiger partial charge in [-0.1, -0.05) is 0 Å². The van der Waals surface area contributed by atoms with Crippen LogP contribution in [0.4, 0.5) is 0 Å². The molecule has 0 aliphatic carbocycles. The van der Waals surface area contributed by atoms with Crippen LogP contribution in [0.1, 0.15) is 26.7 Å². The average molecular weight is 253 g/mol. The van der Waals surface area contributed by atoms with E-state index in [4.69, 9.17) is 1.12 Å². The fraction of sp³-hybridized carbons (Fsp3) is 1.00. The molecule has 0 unspecified atom stereocenters. The monoisotopic (exact) mass is 254 g/mol. The van der Waals surface area contributed by atoms with Gasteiger partial charge >= 0.3 is 73.4 Å². The summed E-state index contributed by atoms with van der Waals surface area (Å²) in [4.78, 5) is 0. The second-order valence-corrected chi connectivity index (χ2v) is 4.47. The van der Waals surface area contributed by atoms with Gasteiger partial charge in [-0.25, -0.2) is 0 Å². The summed E-state index contributed by atoms with van der Waals surface area (Å²) in [6.07, 6.45) is 2.50. The van der Waals surface area contributed by atoms with Crippen molar-refractivity contribution in [2.24, 2.45) is 0 Å². The zero-order chi connectivity index (χ0) is 6.24. The van der Waals surface area contributed by atoms with E-state index in [0.29, 0.717) is 0 Å². The molecule has 50 valence electrons. The Hall–Kier alpha value is 1.30. The molecule has 0 aromatic rings. The number of hydrogen-bond acceptors (Lipinski definition) is 1. The maximum absolute atomic E-state index is 5.39. The van der Waals surface area contributed by atoms with Crippen LogP contribution in [-0.2, 0) is 1.12 Å². The van der Waals surface area contributed by atoms with Gasteiger partial charge in [0.1, 0.15) is 0 Å². The molecule has 0 spiro atoms. The summed E-state index contributed by atoms with van der Waals surface area (Å²) in [5, 5.41) is 0. The van der Waals surface area contributed by atoms with Crippen LogP contribution in [-0.4, -0.2) is 6.61 Å². The Balaban J connectivity index is 2.53. The fourth-order valence-corrected chi connectivity index (χ4v) is 2.11. The Kier molecular flexibility index (Phi) is 9.64. The van der Waals surface area contributed by atoms with Crippen molar-refractivity contribution < 1.29 is 38.0 Å². The molecule has 8 heavy (non-hydrogen) atoms. The molecule has 1 nitrogen and oxygen atoms in total. The molecule has 0 saturated carbocycles. The van der Waals surface area contributed by atoms with E-state index in [1.807, 2.05) is 0 Å². The summed E-state index contributed by atoms with van der Waals surface area (Å²) in [5.41, 5.74) is 0. The molecule has 0 atom stereocenters. The van der Waals surface area contributed by atoms with Crippen molar-refractivity contribution in [3.05, 3.63) is 0 Å². The molecule has 0 heterocycles. The zero-order valence-electron chi connectivity index (χ0n) is 5.64. The standard InChI is InChI=1S/C3H7O.C3H7.Sm/c1-2-3-4;1-3-2;/h2-3H2,1H3;1,3H2,2H3;/q-1;;+1. The van der Waals surface area contributed by atoms with Crippen molar-refractivity contribution in [1.82, 2.24) is 0 Å². The molecule has 0 aromatic carbocycles. The predicted molar refractivity (Wildman–Crippen MR) is 31.3 cm³/mol. The van der Waals surface area contributed by atoms with E-state index in [2.05, 4.69) is 13.8 Å². The Labute approximate surface area is 72.7 Å². The predicted octanol–water partition coefficient (Wildman–Crippen LogP) is 2.24.